The number of pyridine rings is 1. The summed E-state index contributed by atoms with van der Waals surface area (Å²) in [5.41, 5.74) is 0. The number of thiophene rings is 1. The van der Waals surface area contributed by atoms with E-state index in [0.717, 1.165) is 15.9 Å². The van der Waals surface area contributed by atoms with Gasteiger partial charge in [-0.25, -0.2) is 13.4 Å². The third-order valence-corrected chi connectivity index (χ3v) is 5.11. The fourth-order valence-electron chi connectivity index (χ4n) is 1.50. The second kappa shape index (κ2) is 5.01. The van der Waals surface area contributed by atoms with E-state index >= 15 is 0 Å². The lowest BCUT2D eigenvalue weighted by Gasteiger charge is -2.06. The summed E-state index contributed by atoms with van der Waals surface area (Å²) in [6.45, 7) is 2.06. The standard InChI is InChI=1S/C11H14N2O2S2/c1-2-17(14,15)8-6-13-11-9-4-7-16-10(9)3-5-12-11/h3-5,7H,2,6,8H2,1H3,(H,12,13). The maximum absolute atomic E-state index is 11.3. The molecule has 0 aliphatic heterocycles. The van der Waals surface area contributed by atoms with Crippen molar-refractivity contribution in [1.82, 2.24) is 4.98 Å². The van der Waals surface area contributed by atoms with Crippen LogP contribution < -0.4 is 5.32 Å². The summed E-state index contributed by atoms with van der Waals surface area (Å²) in [7, 11) is -2.92. The number of aromatic nitrogens is 1. The highest BCUT2D eigenvalue weighted by Gasteiger charge is 2.08. The Morgan fingerprint density at radius 3 is 3.00 bits per heavy atom. The van der Waals surface area contributed by atoms with E-state index in [1.807, 2.05) is 17.5 Å². The van der Waals surface area contributed by atoms with E-state index in [1.54, 1.807) is 24.5 Å². The van der Waals surface area contributed by atoms with Gasteiger partial charge in [-0.15, -0.1) is 11.3 Å². The summed E-state index contributed by atoms with van der Waals surface area (Å²) in [5.74, 6) is 1.09. The first-order chi connectivity index (χ1) is 8.12. The van der Waals surface area contributed by atoms with Gasteiger partial charge in [-0.05, 0) is 17.5 Å². The molecular weight excluding hydrogens is 256 g/mol. The van der Waals surface area contributed by atoms with Gasteiger partial charge in [0, 0.05) is 28.6 Å². The van der Waals surface area contributed by atoms with Crippen molar-refractivity contribution in [1.29, 1.82) is 0 Å². The van der Waals surface area contributed by atoms with Crippen molar-refractivity contribution in [3.63, 3.8) is 0 Å². The van der Waals surface area contributed by atoms with Crippen LogP contribution in [-0.2, 0) is 9.84 Å². The lowest BCUT2D eigenvalue weighted by molar-refractivity contribution is 0.597. The number of rotatable bonds is 5. The number of fused-ring (bicyclic) bond motifs is 1. The Hall–Kier alpha value is -1.14. The Labute approximate surface area is 105 Å². The quantitative estimate of drug-likeness (QED) is 0.904. The van der Waals surface area contributed by atoms with E-state index in [4.69, 9.17) is 0 Å². The molecule has 0 aromatic carbocycles. The van der Waals surface area contributed by atoms with Gasteiger partial charge in [0.1, 0.15) is 5.82 Å². The highest BCUT2D eigenvalue weighted by molar-refractivity contribution is 7.91. The molecule has 0 saturated carbocycles. The second-order valence-electron chi connectivity index (χ2n) is 3.66. The molecule has 0 spiro atoms. The Morgan fingerprint density at radius 2 is 2.24 bits per heavy atom. The molecule has 0 aliphatic rings. The van der Waals surface area contributed by atoms with Crippen LogP contribution in [0.25, 0.3) is 10.1 Å². The molecule has 0 unspecified atom stereocenters. The first-order valence-corrected chi connectivity index (χ1v) is 8.09. The van der Waals surface area contributed by atoms with Crippen LogP contribution in [0, 0.1) is 0 Å². The summed E-state index contributed by atoms with van der Waals surface area (Å²) in [6, 6.07) is 3.94. The molecule has 2 aromatic heterocycles. The van der Waals surface area contributed by atoms with Gasteiger partial charge in [-0.2, -0.15) is 0 Å². The SMILES string of the molecule is CCS(=O)(=O)CCNc1nccc2sccc12. The van der Waals surface area contributed by atoms with Crippen LogP contribution in [0.3, 0.4) is 0 Å². The lowest BCUT2D eigenvalue weighted by Crippen LogP contribution is -2.17. The first kappa shape index (κ1) is 12.3. The lowest BCUT2D eigenvalue weighted by atomic mass is 10.3. The van der Waals surface area contributed by atoms with Gasteiger partial charge in [0.05, 0.1) is 5.75 Å². The van der Waals surface area contributed by atoms with Gasteiger partial charge in [0.2, 0.25) is 0 Å². The van der Waals surface area contributed by atoms with E-state index in [-0.39, 0.29) is 11.5 Å². The van der Waals surface area contributed by atoms with E-state index < -0.39 is 9.84 Å². The van der Waals surface area contributed by atoms with Crippen LogP contribution >= 0.6 is 11.3 Å². The highest BCUT2D eigenvalue weighted by Crippen LogP contribution is 2.25. The molecule has 92 valence electrons. The first-order valence-electron chi connectivity index (χ1n) is 5.39. The molecule has 2 aromatic rings. The molecule has 0 fully saturated rings. The van der Waals surface area contributed by atoms with Gasteiger partial charge in [-0.1, -0.05) is 6.92 Å². The zero-order chi connectivity index (χ0) is 12.3. The topological polar surface area (TPSA) is 59.1 Å². The smallest absolute Gasteiger partial charge is 0.151 e. The molecule has 0 radical (unpaired) electrons. The average Bonchev–Trinajstić information content (AvgIpc) is 2.78. The molecule has 6 heteroatoms. The summed E-state index contributed by atoms with van der Waals surface area (Å²) >= 11 is 1.65. The predicted octanol–water partition coefficient (Wildman–Crippen LogP) is 2.14. The van der Waals surface area contributed by atoms with Crippen LogP contribution in [0.15, 0.2) is 23.7 Å². The fourth-order valence-corrected chi connectivity index (χ4v) is 2.99. The zero-order valence-corrected chi connectivity index (χ0v) is 11.1. The highest BCUT2D eigenvalue weighted by atomic mass is 32.2. The van der Waals surface area contributed by atoms with Crippen molar-refractivity contribution in [2.75, 3.05) is 23.4 Å². The molecule has 1 N–H and O–H groups in total. The molecular formula is C11H14N2O2S2. The molecule has 0 saturated heterocycles. The zero-order valence-electron chi connectivity index (χ0n) is 9.51. The number of hydrogen-bond donors (Lipinski definition) is 1. The number of anilines is 1. The molecule has 2 heterocycles. The van der Waals surface area contributed by atoms with Crippen LogP contribution in [0.5, 0.6) is 0 Å². The molecule has 17 heavy (non-hydrogen) atoms. The van der Waals surface area contributed by atoms with Crippen LogP contribution in [0.2, 0.25) is 0 Å². The summed E-state index contributed by atoms with van der Waals surface area (Å²) in [5, 5.41) is 6.13. The van der Waals surface area contributed by atoms with Gasteiger partial charge >= 0.3 is 0 Å². The summed E-state index contributed by atoms with van der Waals surface area (Å²) in [4.78, 5) is 4.23. The second-order valence-corrected chi connectivity index (χ2v) is 7.08. The molecule has 0 atom stereocenters. The maximum Gasteiger partial charge on any atom is 0.151 e. The Bertz CT molecular complexity index is 605. The molecule has 0 aliphatic carbocycles. The van der Waals surface area contributed by atoms with Crippen molar-refractivity contribution >= 4 is 37.1 Å². The number of sulfone groups is 1. The minimum absolute atomic E-state index is 0.145. The summed E-state index contributed by atoms with van der Waals surface area (Å²) in [6.07, 6.45) is 1.73. The third-order valence-electron chi connectivity index (χ3n) is 2.53. The van der Waals surface area contributed by atoms with Crippen molar-refractivity contribution in [2.45, 2.75) is 6.92 Å². The largest absolute Gasteiger partial charge is 0.369 e. The minimum atomic E-state index is -2.92. The molecule has 2 rings (SSSR count). The van der Waals surface area contributed by atoms with E-state index in [2.05, 4.69) is 10.3 Å². The van der Waals surface area contributed by atoms with Crippen molar-refractivity contribution in [2.24, 2.45) is 0 Å². The van der Waals surface area contributed by atoms with E-state index in [0.29, 0.717) is 6.54 Å². The number of nitrogens with one attached hydrogen (secondary N) is 1. The predicted molar refractivity (Wildman–Crippen MR) is 72.4 cm³/mol. The minimum Gasteiger partial charge on any atom is -0.369 e. The van der Waals surface area contributed by atoms with Gasteiger partial charge in [0.15, 0.2) is 9.84 Å². The van der Waals surface area contributed by atoms with Crippen LogP contribution in [-0.4, -0.2) is 31.5 Å². The molecule has 0 bridgehead atoms. The fraction of sp³-hybridized carbons (Fsp3) is 0.364. The average molecular weight is 270 g/mol. The third kappa shape index (κ3) is 2.95. The number of hydrogen-bond acceptors (Lipinski definition) is 5. The van der Waals surface area contributed by atoms with Gasteiger partial charge in [0.25, 0.3) is 0 Å². The normalized spacial score (nSPS) is 11.8. The summed E-state index contributed by atoms with van der Waals surface area (Å²) < 4.78 is 23.8. The Kier molecular flexibility index (Phi) is 3.63. The van der Waals surface area contributed by atoms with Gasteiger partial charge < -0.3 is 5.32 Å². The van der Waals surface area contributed by atoms with Crippen LogP contribution in [0.4, 0.5) is 5.82 Å². The number of nitrogens with zero attached hydrogens (tertiary/aromatic N) is 1. The van der Waals surface area contributed by atoms with Crippen molar-refractivity contribution < 1.29 is 8.42 Å². The Balaban J connectivity index is 2.07. The Morgan fingerprint density at radius 1 is 1.41 bits per heavy atom. The van der Waals surface area contributed by atoms with E-state index in [1.165, 1.54) is 0 Å². The monoisotopic (exact) mass is 270 g/mol. The molecule has 0 amide bonds. The van der Waals surface area contributed by atoms with Gasteiger partial charge in [-0.3, -0.25) is 0 Å². The maximum atomic E-state index is 11.3. The van der Waals surface area contributed by atoms with Crippen LogP contribution in [0.1, 0.15) is 6.92 Å². The van der Waals surface area contributed by atoms with Crippen molar-refractivity contribution in [3.05, 3.63) is 23.7 Å². The van der Waals surface area contributed by atoms with Crippen molar-refractivity contribution in [3.8, 4) is 0 Å². The van der Waals surface area contributed by atoms with E-state index in [9.17, 15) is 8.42 Å². The molecule has 4 nitrogen and oxygen atoms in total.